The highest BCUT2D eigenvalue weighted by Gasteiger charge is 2.13. The first-order valence-electron chi connectivity index (χ1n) is 5.28. The summed E-state index contributed by atoms with van der Waals surface area (Å²) in [6, 6.07) is 5.78. The quantitative estimate of drug-likeness (QED) is 0.862. The van der Waals surface area contributed by atoms with Gasteiger partial charge in [-0.15, -0.1) is 0 Å². The van der Waals surface area contributed by atoms with Crippen LogP contribution in [-0.4, -0.2) is 18.0 Å². The summed E-state index contributed by atoms with van der Waals surface area (Å²) >= 11 is 6.82. The van der Waals surface area contributed by atoms with Crippen molar-refractivity contribution in [1.29, 1.82) is 0 Å². The van der Waals surface area contributed by atoms with Gasteiger partial charge in [0, 0.05) is 20.2 Å². The Morgan fingerprint density at radius 3 is 2.53 bits per heavy atom. The lowest BCUT2D eigenvalue weighted by molar-refractivity contribution is -0.120. The number of carbonyl (C=O) groups excluding carboxylic acids is 1. The van der Waals surface area contributed by atoms with Crippen molar-refractivity contribution in [3.63, 3.8) is 0 Å². The van der Waals surface area contributed by atoms with E-state index in [9.17, 15) is 4.79 Å². The number of halogens is 2. The van der Waals surface area contributed by atoms with Gasteiger partial charge >= 0.3 is 0 Å². The Morgan fingerprint density at radius 1 is 1.29 bits per heavy atom. The molecule has 0 fully saturated rings. The fourth-order valence-corrected chi connectivity index (χ4v) is 2.02. The molecule has 1 aromatic carbocycles. The standard InChI is InChI=1S/C12H16Br2N2O/c1-12(2,3)16-11(17)7-15-10-6-8(13)4-5-9(10)14/h4-6,15H,7H2,1-3H3,(H,16,17). The van der Waals surface area contributed by atoms with Crippen LogP contribution in [0.1, 0.15) is 20.8 Å². The highest BCUT2D eigenvalue weighted by Crippen LogP contribution is 2.25. The van der Waals surface area contributed by atoms with E-state index >= 15 is 0 Å². The fraction of sp³-hybridized carbons (Fsp3) is 0.417. The molecule has 0 radical (unpaired) electrons. The minimum absolute atomic E-state index is 0.0237. The summed E-state index contributed by atoms with van der Waals surface area (Å²) in [5.74, 6) is -0.0237. The van der Waals surface area contributed by atoms with Gasteiger partial charge in [0.05, 0.1) is 6.54 Å². The maximum Gasteiger partial charge on any atom is 0.239 e. The lowest BCUT2D eigenvalue weighted by Crippen LogP contribution is -2.43. The third-order valence-corrected chi connectivity index (χ3v) is 3.07. The van der Waals surface area contributed by atoms with Gasteiger partial charge in [0.2, 0.25) is 5.91 Å². The van der Waals surface area contributed by atoms with Gasteiger partial charge in [-0.3, -0.25) is 4.79 Å². The van der Waals surface area contributed by atoms with Crippen LogP contribution in [0.2, 0.25) is 0 Å². The molecule has 0 aliphatic heterocycles. The van der Waals surface area contributed by atoms with E-state index in [4.69, 9.17) is 0 Å². The molecular formula is C12H16Br2N2O. The summed E-state index contributed by atoms with van der Waals surface area (Å²) in [5.41, 5.74) is 0.691. The average molecular weight is 364 g/mol. The van der Waals surface area contributed by atoms with Gasteiger partial charge in [0.25, 0.3) is 0 Å². The third kappa shape index (κ3) is 5.55. The monoisotopic (exact) mass is 362 g/mol. The predicted octanol–water partition coefficient (Wildman–Crippen LogP) is 3.54. The summed E-state index contributed by atoms with van der Waals surface area (Å²) in [6.45, 7) is 6.13. The Morgan fingerprint density at radius 2 is 1.94 bits per heavy atom. The molecule has 0 saturated heterocycles. The van der Waals surface area contributed by atoms with Crippen molar-refractivity contribution in [3.8, 4) is 0 Å². The first-order chi connectivity index (χ1) is 7.78. The normalized spacial score (nSPS) is 11.1. The zero-order valence-corrected chi connectivity index (χ0v) is 13.3. The lowest BCUT2D eigenvalue weighted by atomic mass is 10.1. The van der Waals surface area contributed by atoms with Crippen molar-refractivity contribution in [3.05, 3.63) is 27.1 Å². The van der Waals surface area contributed by atoms with E-state index in [1.807, 2.05) is 39.0 Å². The zero-order valence-electron chi connectivity index (χ0n) is 10.1. The van der Waals surface area contributed by atoms with Gasteiger partial charge in [0.1, 0.15) is 0 Å². The van der Waals surface area contributed by atoms with Crippen molar-refractivity contribution in [1.82, 2.24) is 5.32 Å². The van der Waals surface area contributed by atoms with E-state index < -0.39 is 0 Å². The Labute approximate surface area is 119 Å². The summed E-state index contributed by atoms with van der Waals surface area (Å²) < 4.78 is 1.91. The van der Waals surface area contributed by atoms with Crippen LogP contribution >= 0.6 is 31.9 Å². The van der Waals surface area contributed by atoms with Gasteiger partial charge in [-0.2, -0.15) is 0 Å². The molecule has 17 heavy (non-hydrogen) atoms. The van der Waals surface area contributed by atoms with Crippen molar-refractivity contribution in [2.45, 2.75) is 26.3 Å². The predicted molar refractivity (Wildman–Crippen MR) is 78.2 cm³/mol. The molecule has 3 nitrogen and oxygen atoms in total. The van der Waals surface area contributed by atoms with Gasteiger partial charge in [-0.25, -0.2) is 0 Å². The second kappa shape index (κ2) is 5.87. The van der Waals surface area contributed by atoms with E-state index in [1.54, 1.807) is 0 Å². The van der Waals surface area contributed by atoms with Gasteiger partial charge < -0.3 is 10.6 Å². The van der Waals surface area contributed by atoms with Crippen LogP contribution < -0.4 is 10.6 Å². The van der Waals surface area contributed by atoms with Crippen molar-refractivity contribution >= 4 is 43.5 Å². The molecule has 2 N–H and O–H groups in total. The van der Waals surface area contributed by atoms with E-state index in [2.05, 4.69) is 42.5 Å². The minimum Gasteiger partial charge on any atom is -0.375 e. The largest absolute Gasteiger partial charge is 0.375 e. The summed E-state index contributed by atoms with van der Waals surface area (Å²) in [5, 5.41) is 5.98. The molecule has 0 aliphatic rings. The highest BCUT2D eigenvalue weighted by molar-refractivity contribution is 9.11. The molecule has 0 spiro atoms. The SMILES string of the molecule is CC(C)(C)NC(=O)CNc1cc(Br)ccc1Br. The molecule has 94 valence electrons. The molecular weight excluding hydrogens is 348 g/mol. The first kappa shape index (κ1) is 14.5. The summed E-state index contributed by atoms with van der Waals surface area (Å²) in [6.07, 6.45) is 0. The van der Waals surface area contributed by atoms with Crippen LogP contribution in [0.3, 0.4) is 0 Å². The van der Waals surface area contributed by atoms with Gasteiger partial charge in [-0.1, -0.05) is 15.9 Å². The molecule has 1 aromatic rings. The highest BCUT2D eigenvalue weighted by atomic mass is 79.9. The number of benzene rings is 1. The molecule has 0 unspecified atom stereocenters. The average Bonchev–Trinajstić information content (AvgIpc) is 2.17. The van der Waals surface area contributed by atoms with Crippen LogP contribution in [0.25, 0.3) is 0 Å². The fourth-order valence-electron chi connectivity index (χ4n) is 1.27. The number of rotatable bonds is 3. The van der Waals surface area contributed by atoms with Crippen molar-refractivity contribution in [2.24, 2.45) is 0 Å². The number of hydrogen-bond acceptors (Lipinski definition) is 2. The minimum atomic E-state index is -0.201. The maximum absolute atomic E-state index is 11.6. The van der Waals surface area contributed by atoms with Crippen molar-refractivity contribution in [2.75, 3.05) is 11.9 Å². The van der Waals surface area contributed by atoms with E-state index in [0.29, 0.717) is 0 Å². The number of nitrogens with one attached hydrogen (secondary N) is 2. The second-order valence-electron chi connectivity index (χ2n) is 4.78. The first-order valence-corrected chi connectivity index (χ1v) is 6.86. The molecule has 1 rings (SSSR count). The van der Waals surface area contributed by atoms with E-state index in [-0.39, 0.29) is 18.0 Å². The van der Waals surface area contributed by atoms with E-state index in [1.165, 1.54) is 0 Å². The van der Waals surface area contributed by atoms with Crippen LogP contribution in [-0.2, 0) is 4.79 Å². The zero-order chi connectivity index (χ0) is 13.1. The van der Waals surface area contributed by atoms with Crippen LogP contribution in [0.15, 0.2) is 27.1 Å². The third-order valence-electron chi connectivity index (χ3n) is 1.88. The molecule has 0 aliphatic carbocycles. The number of carbonyl (C=O) groups is 1. The number of hydrogen-bond donors (Lipinski definition) is 2. The van der Waals surface area contributed by atoms with Crippen LogP contribution in [0.4, 0.5) is 5.69 Å². The topological polar surface area (TPSA) is 41.1 Å². The molecule has 0 bridgehead atoms. The molecule has 0 heterocycles. The lowest BCUT2D eigenvalue weighted by Gasteiger charge is -2.21. The van der Waals surface area contributed by atoms with E-state index in [0.717, 1.165) is 14.6 Å². The van der Waals surface area contributed by atoms with Gasteiger partial charge in [-0.05, 0) is 54.9 Å². The Kier molecular flexibility index (Phi) is 5.01. The molecule has 0 aromatic heterocycles. The summed E-state index contributed by atoms with van der Waals surface area (Å²) in [7, 11) is 0. The Hall–Kier alpha value is -0.550. The van der Waals surface area contributed by atoms with Gasteiger partial charge in [0.15, 0.2) is 0 Å². The number of amides is 1. The van der Waals surface area contributed by atoms with Crippen LogP contribution in [0.5, 0.6) is 0 Å². The smallest absolute Gasteiger partial charge is 0.239 e. The van der Waals surface area contributed by atoms with Crippen molar-refractivity contribution < 1.29 is 4.79 Å². The number of anilines is 1. The van der Waals surface area contributed by atoms with Crippen LogP contribution in [0, 0.1) is 0 Å². The maximum atomic E-state index is 11.6. The molecule has 0 saturated carbocycles. The second-order valence-corrected chi connectivity index (χ2v) is 6.55. The Balaban J connectivity index is 2.56. The molecule has 1 amide bonds. The molecule has 0 atom stereocenters. The summed E-state index contributed by atoms with van der Waals surface area (Å²) in [4.78, 5) is 11.6. The molecule has 5 heteroatoms. The Bertz CT molecular complexity index is 413.